The normalized spacial score (nSPS) is 15.4. The molecule has 4 N–H and O–H groups in total. The highest BCUT2D eigenvalue weighted by atomic mass is 28.4. The summed E-state index contributed by atoms with van der Waals surface area (Å²) in [6.07, 6.45) is 0.0336. The predicted molar refractivity (Wildman–Crippen MR) is 121 cm³/mol. The van der Waals surface area contributed by atoms with Crippen LogP contribution in [0.15, 0.2) is 60.7 Å². The quantitative estimate of drug-likeness (QED) is 0.454. The van der Waals surface area contributed by atoms with Crippen LogP contribution in [-0.4, -0.2) is 31.3 Å². The maximum atomic E-state index is 11.7. The maximum absolute atomic E-state index is 11.7. The lowest BCUT2D eigenvalue weighted by Gasteiger charge is -2.48. The number of nitrogens with one attached hydrogen (secondary N) is 1. The van der Waals surface area contributed by atoms with Gasteiger partial charge in [0.2, 0.25) is 0 Å². The van der Waals surface area contributed by atoms with Gasteiger partial charge in [0, 0.05) is 6.04 Å². The number of benzene rings is 2. The van der Waals surface area contributed by atoms with Gasteiger partial charge in [0.1, 0.15) is 5.72 Å². The first kappa shape index (κ1) is 23.1. The van der Waals surface area contributed by atoms with Crippen molar-refractivity contribution >= 4 is 24.8 Å². The van der Waals surface area contributed by atoms with Crippen molar-refractivity contribution in [3.05, 3.63) is 60.7 Å². The van der Waals surface area contributed by atoms with E-state index in [9.17, 15) is 9.90 Å². The fourth-order valence-electron chi connectivity index (χ4n) is 3.86. The smallest absolute Gasteiger partial charge is 0.406 e. The van der Waals surface area contributed by atoms with Gasteiger partial charge in [-0.1, -0.05) is 81.4 Å². The van der Waals surface area contributed by atoms with Crippen LogP contribution in [0.2, 0.25) is 5.04 Å². The molecule has 1 unspecified atom stereocenters. The summed E-state index contributed by atoms with van der Waals surface area (Å²) >= 11 is 0. The Labute approximate surface area is 175 Å². The van der Waals surface area contributed by atoms with Crippen LogP contribution in [0.3, 0.4) is 0 Å². The molecule has 0 saturated carbocycles. The van der Waals surface area contributed by atoms with Gasteiger partial charge in [-0.25, -0.2) is 4.79 Å². The molecule has 5 nitrogen and oxygen atoms in total. The summed E-state index contributed by atoms with van der Waals surface area (Å²) in [5.74, 6) is 0. The Morgan fingerprint density at radius 2 is 1.48 bits per heavy atom. The lowest BCUT2D eigenvalue weighted by Crippen LogP contribution is -2.71. The van der Waals surface area contributed by atoms with Gasteiger partial charge in [0.05, 0.1) is 0 Å². The van der Waals surface area contributed by atoms with Crippen molar-refractivity contribution in [2.75, 3.05) is 0 Å². The van der Waals surface area contributed by atoms with Crippen LogP contribution < -0.4 is 21.4 Å². The van der Waals surface area contributed by atoms with Gasteiger partial charge in [-0.2, -0.15) is 0 Å². The van der Waals surface area contributed by atoms with E-state index >= 15 is 0 Å². The van der Waals surface area contributed by atoms with Gasteiger partial charge in [-0.05, 0) is 42.1 Å². The molecule has 6 heteroatoms. The molecular formula is C23H34N2O3Si. The van der Waals surface area contributed by atoms with E-state index in [1.54, 1.807) is 0 Å². The number of carbonyl (C=O) groups is 1. The molecule has 0 aliphatic carbocycles. The molecular weight excluding hydrogens is 380 g/mol. The first-order valence-corrected chi connectivity index (χ1v) is 12.0. The van der Waals surface area contributed by atoms with E-state index in [0.29, 0.717) is 12.8 Å². The van der Waals surface area contributed by atoms with E-state index in [1.807, 2.05) is 50.2 Å². The van der Waals surface area contributed by atoms with Crippen molar-refractivity contribution in [2.24, 2.45) is 5.73 Å². The van der Waals surface area contributed by atoms with Crippen LogP contribution in [0.4, 0.5) is 4.79 Å². The second-order valence-corrected chi connectivity index (χ2v) is 13.2. The van der Waals surface area contributed by atoms with Gasteiger partial charge < -0.3 is 15.3 Å². The molecule has 2 atom stereocenters. The first-order valence-electron chi connectivity index (χ1n) is 10.1. The molecule has 0 aromatic heterocycles. The van der Waals surface area contributed by atoms with E-state index in [-0.39, 0.29) is 11.1 Å². The molecule has 0 fully saturated rings. The predicted octanol–water partition coefficient (Wildman–Crippen LogP) is 3.67. The number of rotatable bonds is 8. The molecule has 0 bridgehead atoms. The monoisotopic (exact) mass is 414 g/mol. The zero-order valence-corrected chi connectivity index (χ0v) is 19.1. The molecule has 0 aliphatic heterocycles. The number of nitrogens with two attached hydrogens (primary N) is 1. The summed E-state index contributed by atoms with van der Waals surface area (Å²) in [4.78, 5) is 11.7. The number of carboxylic acid groups (broad SMARTS) is 1. The summed E-state index contributed by atoms with van der Waals surface area (Å²) in [6.45, 7) is 10.3. The van der Waals surface area contributed by atoms with E-state index < -0.39 is 20.1 Å². The van der Waals surface area contributed by atoms with Gasteiger partial charge in [0.15, 0.2) is 0 Å². The second kappa shape index (κ2) is 9.11. The van der Waals surface area contributed by atoms with Crippen molar-refractivity contribution < 1.29 is 14.3 Å². The summed E-state index contributed by atoms with van der Waals surface area (Å²) < 4.78 is 7.01. The standard InChI is InChI=1S/C23H34N2O3Si/c1-18(24)16-17-23(5,25-21(26)27)28-29(22(2,3)4,19-12-8-6-9-13-19)20-14-10-7-11-15-20/h6-15,18,25H,16-17,24H2,1-5H3,(H,26,27)/t18?,23-/m0/s1. The Kier molecular flexibility index (Phi) is 7.27. The minimum atomic E-state index is -2.89. The SMILES string of the molecule is CC(N)CC[C@@](C)(NC(=O)O)O[Si](c1ccccc1)(c1ccccc1)C(C)(C)C. The van der Waals surface area contributed by atoms with Crippen LogP contribution in [0.25, 0.3) is 0 Å². The Morgan fingerprint density at radius 3 is 1.83 bits per heavy atom. The topological polar surface area (TPSA) is 84.6 Å². The zero-order valence-electron chi connectivity index (χ0n) is 18.1. The minimum absolute atomic E-state index is 0.0485. The molecule has 0 spiro atoms. The third kappa shape index (κ3) is 5.47. The highest BCUT2D eigenvalue weighted by Gasteiger charge is 2.53. The number of hydrogen-bond acceptors (Lipinski definition) is 3. The molecule has 2 rings (SSSR count). The van der Waals surface area contributed by atoms with Crippen LogP contribution >= 0.6 is 0 Å². The van der Waals surface area contributed by atoms with E-state index in [4.69, 9.17) is 10.2 Å². The Balaban J connectivity index is 2.69. The van der Waals surface area contributed by atoms with Crippen molar-refractivity contribution in [2.45, 2.75) is 64.3 Å². The van der Waals surface area contributed by atoms with E-state index in [2.05, 4.69) is 50.4 Å². The molecule has 0 radical (unpaired) electrons. The summed E-state index contributed by atoms with van der Waals surface area (Å²) in [7, 11) is -2.89. The third-order valence-electron chi connectivity index (χ3n) is 5.24. The second-order valence-electron chi connectivity index (χ2n) is 8.94. The van der Waals surface area contributed by atoms with Gasteiger partial charge in [-0.3, -0.25) is 5.32 Å². The van der Waals surface area contributed by atoms with Crippen LogP contribution in [-0.2, 0) is 4.43 Å². The Hall–Kier alpha value is -2.15. The molecule has 0 saturated heterocycles. The Morgan fingerprint density at radius 1 is 1.03 bits per heavy atom. The van der Waals surface area contributed by atoms with Gasteiger partial charge >= 0.3 is 6.09 Å². The average Bonchev–Trinajstić information content (AvgIpc) is 2.64. The molecule has 0 heterocycles. The highest BCUT2D eigenvalue weighted by Crippen LogP contribution is 2.39. The first-order chi connectivity index (χ1) is 13.5. The molecule has 2 aromatic carbocycles. The van der Waals surface area contributed by atoms with Crippen LogP contribution in [0.1, 0.15) is 47.5 Å². The Bertz CT molecular complexity index is 751. The maximum Gasteiger partial charge on any atom is 0.406 e. The van der Waals surface area contributed by atoms with Gasteiger partial charge in [0.25, 0.3) is 8.32 Å². The lowest BCUT2D eigenvalue weighted by atomic mass is 10.1. The minimum Gasteiger partial charge on any atom is -0.465 e. The van der Waals surface area contributed by atoms with E-state index in [0.717, 1.165) is 10.4 Å². The average molecular weight is 415 g/mol. The molecule has 0 aliphatic rings. The van der Waals surface area contributed by atoms with Crippen molar-refractivity contribution in [1.29, 1.82) is 0 Å². The molecule has 29 heavy (non-hydrogen) atoms. The zero-order chi connectivity index (χ0) is 21.7. The van der Waals surface area contributed by atoms with Gasteiger partial charge in [-0.15, -0.1) is 0 Å². The summed E-state index contributed by atoms with van der Waals surface area (Å²) in [5, 5.41) is 14.2. The fraction of sp³-hybridized carbons (Fsp3) is 0.435. The van der Waals surface area contributed by atoms with E-state index in [1.165, 1.54) is 0 Å². The van der Waals surface area contributed by atoms with Crippen molar-refractivity contribution in [1.82, 2.24) is 5.32 Å². The summed E-state index contributed by atoms with van der Waals surface area (Å²) in [5.41, 5.74) is 4.92. The fourth-order valence-corrected chi connectivity index (χ4v) is 8.62. The van der Waals surface area contributed by atoms with Crippen LogP contribution in [0.5, 0.6) is 0 Å². The molecule has 1 amide bonds. The van der Waals surface area contributed by atoms with Crippen molar-refractivity contribution in [3.63, 3.8) is 0 Å². The van der Waals surface area contributed by atoms with Crippen LogP contribution in [0, 0.1) is 0 Å². The number of hydrogen-bond donors (Lipinski definition) is 3. The highest BCUT2D eigenvalue weighted by molar-refractivity contribution is 6.99. The van der Waals surface area contributed by atoms with Crippen molar-refractivity contribution in [3.8, 4) is 0 Å². The molecule has 2 aromatic rings. The third-order valence-corrected chi connectivity index (χ3v) is 10.4. The lowest BCUT2D eigenvalue weighted by molar-refractivity contribution is 0.0315. The largest absolute Gasteiger partial charge is 0.465 e. The number of amides is 1. The molecule has 158 valence electrons. The summed E-state index contributed by atoms with van der Waals surface area (Å²) in [6, 6.07) is 20.4.